The topological polar surface area (TPSA) is 79.1 Å². The van der Waals surface area contributed by atoms with E-state index in [-0.39, 0.29) is 6.42 Å². The summed E-state index contributed by atoms with van der Waals surface area (Å²) in [5.74, 6) is -0.000528. The standard InChI is InChI=1S/C15H14N2O3/c1-9-12(8-13(18)19)14-10(4-5-16-15(14)17-9)7-11-3-2-6-20-11/h2-6H,7-8H2,1H3,(H,16,17)(H,18,19). The first-order chi connectivity index (χ1) is 9.65. The fourth-order valence-corrected chi connectivity index (χ4v) is 2.49. The predicted molar refractivity (Wildman–Crippen MR) is 73.7 cm³/mol. The highest BCUT2D eigenvalue weighted by Gasteiger charge is 2.16. The summed E-state index contributed by atoms with van der Waals surface area (Å²) in [7, 11) is 0. The molecule has 5 nitrogen and oxygen atoms in total. The van der Waals surface area contributed by atoms with Gasteiger partial charge in [-0.1, -0.05) is 0 Å². The Morgan fingerprint density at radius 2 is 2.30 bits per heavy atom. The van der Waals surface area contributed by atoms with Crippen LogP contribution in [0.25, 0.3) is 11.0 Å². The monoisotopic (exact) mass is 270 g/mol. The number of aliphatic carboxylic acids is 1. The Hall–Kier alpha value is -2.56. The molecule has 0 amide bonds. The van der Waals surface area contributed by atoms with Crippen LogP contribution < -0.4 is 0 Å². The van der Waals surface area contributed by atoms with Gasteiger partial charge in [0, 0.05) is 23.7 Å². The number of aromatic nitrogens is 2. The van der Waals surface area contributed by atoms with Crippen LogP contribution in [-0.2, 0) is 17.6 Å². The van der Waals surface area contributed by atoms with E-state index in [1.54, 1.807) is 12.5 Å². The van der Waals surface area contributed by atoms with Crippen molar-refractivity contribution in [3.63, 3.8) is 0 Å². The van der Waals surface area contributed by atoms with Crippen LogP contribution in [0.1, 0.15) is 22.6 Å². The molecule has 20 heavy (non-hydrogen) atoms. The van der Waals surface area contributed by atoms with Gasteiger partial charge in [0.05, 0.1) is 12.7 Å². The Bertz CT molecular complexity index is 757. The zero-order chi connectivity index (χ0) is 14.1. The lowest BCUT2D eigenvalue weighted by Gasteiger charge is -2.03. The van der Waals surface area contributed by atoms with Crippen molar-refractivity contribution in [3.05, 3.63) is 53.2 Å². The molecule has 3 heterocycles. The number of fused-ring (bicyclic) bond motifs is 1. The molecule has 0 unspecified atom stereocenters. The molecule has 0 bridgehead atoms. The molecule has 3 rings (SSSR count). The zero-order valence-corrected chi connectivity index (χ0v) is 11.0. The van der Waals surface area contributed by atoms with Crippen LogP contribution in [-0.4, -0.2) is 21.0 Å². The second kappa shape index (κ2) is 4.85. The molecule has 0 radical (unpaired) electrons. The van der Waals surface area contributed by atoms with Crippen molar-refractivity contribution in [2.75, 3.05) is 0 Å². The summed E-state index contributed by atoms with van der Waals surface area (Å²) < 4.78 is 5.37. The van der Waals surface area contributed by atoms with Gasteiger partial charge in [0.25, 0.3) is 0 Å². The van der Waals surface area contributed by atoms with Crippen LogP contribution in [0, 0.1) is 6.92 Å². The SMILES string of the molecule is Cc1[nH]c2nccc(Cc3ccco3)c2c1CC(=O)O. The van der Waals surface area contributed by atoms with E-state index in [1.165, 1.54) is 0 Å². The molecule has 2 N–H and O–H groups in total. The van der Waals surface area contributed by atoms with Crippen LogP contribution in [0.3, 0.4) is 0 Å². The molecule has 0 aliphatic heterocycles. The highest BCUT2D eigenvalue weighted by molar-refractivity contribution is 5.88. The molecule has 3 aromatic rings. The van der Waals surface area contributed by atoms with Crippen LogP contribution in [0.4, 0.5) is 0 Å². The van der Waals surface area contributed by atoms with Crippen LogP contribution >= 0.6 is 0 Å². The molecular formula is C15H14N2O3. The summed E-state index contributed by atoms with van der Waals surface area (Å²) in [6, 6.07) is 5.65. The van der Waals surface area contributed by atoms with E-state index in [0.717, 1.165) is 33.6 Å². The van der Waals surface area contributed by atoms with Crippen LogP contribution in [0.2, 0.25) is 0 Å². The number of aryl methyl sites for hydroxylation is 1. The van der Waals surface area contributed by atoms with E-state index in [2.05, 4.69) is 9.97 Å². The minimum absolute atomic E-state index is 0.0112. The van der Waals surface area contributed by atoms with Gasteiger partial charge >= 0.3 is 5.97 Å². The van der Waals surface area contributed by atoms with Gasteiger partial charge in [0.15, 0.2) is 0 Å². The number of aromatic amines is 1. The average molecular weight is 270 g/mol. The van der Waals surface area contributed by atoms with Crippen molar-refractivity contribution in [2.24, 2.45) is 0 Å². The molecule has 3 aromatic heterocycles. The Kier molecular flexibility index (Phi) is 3.02. The second-order valence-electron chi connectivity index (χ2n) is 4.75. The summed E-state index contributed by atoms with van der Waals surface area (Å²) in [6.45, 7) is 1.87. The van der Waals surface area contributed by atoms with Crippen LogP contribution in [0.15, 0.2) is 35.1 Å². The first kappa shape index (κ1) is 12.5. The minimum Gasteiger partial charge on any atom is -0.481 e. The summed E-state index contributed by atoms with van der Waals surface area (Å²) in [6.07, 6.45) is 3.97. The smallest absolute Gasteiger partial charge is 0.307 e. The summed E-state index contributed by atoms with van der Waals surface area (Å²) in [5.41, 5.74) is 3.39. The Morgan fingerprint density at radius 3 is 3.00 bits per heavy atom. The number of carbonyl (C=O) groups is 1. The number of H-pyrrole nitrogens is 1. The molecule has 0 aliphatic carbocycles. The number of carboxylic acids is 1. The van der Waals surface area contributed by atoms with Crippen molar-refractivity contribution in [3.8, 4) is 0 Å². The molecule has 0 saturated heterocycles. The molecular weight excluding hydrogens is 256 g/mol. The second-order valence-corrected chi connectivity index (χ2v) is 4.75. The molecule has 5 heteroatoms. The third-order valence-corrected chi connectivity index (χ3v) is 3.37. The van der Waals surface area contributed by atoms with Gasteiger partial charge in [0.1, 0.15) is 11.4 Å². The number of carboxylic acid groups (broad SMARTS) is 1. The van der Waals surface area contributed by atoms with Gasteiger partial charge in [-0.05, 0) is 36.2 Å². The van der Waals surface area contributed by atoms with Gasteiger partial charge in [-0.3, -0.25) is 4.79 Å². The summed E-state index contributed by atoms with van der Waals surface area (Å²) in [5, 5.41) is 9.96. The summed E-state index contributed by atoms with van der Waals surface area (Å²) in [4.78, 5) is 18.5. The van der Waals surface area contributed by atoms with E-state index < -0.39 is 5.97 Å². The summed E-state index contributed by atoms with van der Waals surface area (Å²) >= 11 is 0. The first-order valence-electron chi connectivity index (χ1n) is 6.34. The van der Waals surface area contributed by atoms with E-state index in [1.807, 2.05) is 25.1 Å². The van der Waals surface area contributed by atoms with Crippen LogP contribution in [0.5, 0.6) is 0 Å². The van der Waals surface area contributed by atoms with Gasteiger partial charge < -0.3 is 14.5 Å². The number of rotatable bonds is 4. The highest BCUT2D eigenvalue weighted by Crippen LogP contribution is 2.26. The van der Waals surface area contributed by atoms with Gasteiger partial charge in [-0.25, -0.2) is 4.98 Å². The predicted octanol–water partition coefficient (Wildman–Crippen LogP) is 2.68. The molecule has 0 fully saturated rings. The van der Waals surface area contributed by atoms with E-state index in [4.69, 9.17) is 9.52 Å². The quantitative estimate of drug-likeness (QED) is 0.764. The van der Waals surface area contributed by atoms with Gasteiger partial charge in [0.2, 0.25) is 0 Å². The number of hydrogen-bond acceptors (Lipinski definition) is 3. The Balaban J connectivity index is 2.13. The van der Waals surface area contributed by atoms with Crippen molar-refractivity contribution < 1.29 is 14.3 Å². The normalized spacial score (nSPS) is 11.1. The van der Waals surface area contributed by atoms with Crippen molar-refractivity contribution in [1.29, 1.82) is 0 Å². The number of furan rings is 1. The van der Waals surface area contributed by atoms with E-state index in [9.17, 15) is 4.79 Å². The fraction of sp³-hybridized carbons (Fsp3) is 0.200. The van der Waals surface area contributed by atoms with Gasteiger partial charge in [-0.15, -0.1) is 0 Å². The maximum absolute atomic E-state index is 11.0. The molecule has 0 saturated carbocycles. The fourth-order valence-electron chi connectivity index (χ4n) is 2.49. The number of nitrogens with one attached hydrogen (secondary N) is 1. The molecule has 0 aromatic carbocycles. The largest absolute Gasteiger partial charge is 0.481 e. The minimum atomic E-state index is -0.846. The van der Waals surface area contributed by atoms with Crippen molar-refractivity contribution >= 4 is 17.0 Å². The number of pyridine rings is 1. The lowest BCUT2D eigenvalue weighted by molar-refractivity contribution is -0.136. The number of nitrogens with zero attached hydrogens (tertiary/aromatic N) is 1. The maximum Gasteiger partial charge on any atom is 0.307 e. The lowest BCUT2D eigenvalue weighted by Crippen LogP contribution is -2.02. The Labute approximate surface area is 115 Å². The third kappa shape index (κ3) is 2.18. The zero-order valence-electron chi connectivity index (χ0n) is 11.0. The van der Waals surface area contributed by atoms with E-state index in [0.29, 0.717) is 6.42 Å². The van der Waals surface area contributed by atoms with E-state index >= 15 is 0 Å². The van der Waals surface area contributed by atoms with Gasteiger partial charge in [-0.2, -0.15) is 0 Å². The third-order valence-electron chi connectivity index (χ3n) is 3.37. The Morgan fingerprint density at radius 1 is 1.45 bits per heavy atom. The molecule has 0 spiro atoms. The van der Waals surface area contributed by atoms with Crippen molar-refractivity contribution in [2.45, 2.75) is 19.8 Å². The number of hydrogen-bond donors (Lipinski definition) is 2. The molecule has 0 atom stereocenters. The average Bonchev–Trinajstić information content (AvgIpc) is 2.99. The molecule has 0 aliphatic rings. The highest BCUT2D eigenvalue weighted by atomic mass is 16.4. The first-order valence-corrected chi connectivity index (χ1v) is 6.34. The molecule has 102 valence electrons. The maximum atomic E-state index is 11.0. The van der Waals surface area contributed by atoms with Crippen molar-refractivity contribution in [1.82, 2.24) is 9.97 Å². The lowest BCUT2D eigenvalue weighted by atomic mass is 10.0.